The first-order chi connectivity index (χ1) is 11.1. The molecule has 4 nitrogen and oxygen atoms in total. The summed E-state index contributed by atoms with van der Waals surface area (Å²) < 4.78 is 13.5. The molecule has 1 atom stereocenters. The average Bonchev–Trinajstić information content (AvgIpc) is 2.78. The second-order valence-corrected chi connectivity index (χ2v) is 5.56. The molecule has 1 N–H and O–H groups in total. The molecule has 2 aromatic carbocycles. The smallest absolute Gasteiger partial charge is 0.254 e. The number of fused-ring (bicyclic) bond motifs is 1. The highest BCUT2D eigenvalue weighted by Crippen LogP contribution is 2.36. The lowest BCUT2D eigenvalue weighted by Crippen LogP contribution is -2.37. The standard InChI is InChI=1S/C18H17FN2O2/c1-12(22)20-17-15-11-14(19)7-8-16(15)21(18(17)23)10-9-13-5-3-2-4-6-13/h2-8,11,17H,9-10H2,1H3,(H,20,22)/t17-/m1/s1. The van der Waals surface area contributed by atoms with Gasteiger partial charge in [0.15, 0.2) is 0 Å². The van der Waals surface area contributed by atoms with Gasteiger partial charge in [0.2, 0.25) is 5.91 Å². The Bertz CT molecular complexity index is 746. The summed E-state index contributed by atoms with van der Waals surface area (Å²) in [4.78, 5) is 25.6. The average molecular weight is 312 g/mol. The fourth-order valence-corrected chi connectivity index (χ4v) is 2.87. The lowest BCUT2D eigenvalue weighted by Gasteiger charge is -2.18. The summed E-state index contributed by atoms with van der Waals surface area (Å²) in [6.45, 7) is 1.83. The molecule has 1 heterocycles. The Morgan fingerprint density at radius 3 is 2.65 bits per heavy atom. The molecule has 3 rings (SSSR count). The quantitative estimate of drug-likeness (QED) is 0.943. The topological polar surface area (TPSA) is 49.4 Å². The highest BCUT2D eigenvalue weighted by Gasteiger charge is 2.37. The lowest BCUT2D eigenvalue weighted by atomic mass is 10.1. The van der Waals surface area contributed by atoms with Gasteiger partial charge in [0.1, 0.15) is 11.9 Å². The van der Waals surface area contributed by atoms with Crippen LogP contribution in [-0.4, -0.2) is 18.4 Å². The molecular weight excluding hydrogens is 295 g/mol. The maximum atomic E-state index is 13.5. The number of amides is 2. The minimum absolute atomic E-state index is 0.225. The number of carbonyl (C=O) groups is 2. The number of halogens is 1. The van der Waals surface area contributed by atoms with Crippen molar-refractivity contribution >= 4 is 17.5 Å². The van der Waals surface area contributed by atoms with Crippen LogP contribution in [0.5, 0.6) is 0 Å². The third kappa shape index (κ3) is 3.08. The van der Waals surface area contributed by atoms with Gasteiger partial charge in [0, 0.05) is 24.7 Å². The van der Waals surface area contributed by atoms with E-state index in [1.165, 1.54) is 19.1 Å². The second-order valence-electron chi connectivity index (χ2n) is 5.56. The molecule has 2 amide bonds. The number of anilines is 1. The maximum Gasteiger partial charge on any atom is 0.254 e. The first-order valence-corrected chi connectivity index (χ1v) is 7.48. The van der Waals surface area contributed by atoms with Gasteiger partial charge in [-0.15, -0.1) is 0 Å². The van der Waals surface area contributed by atoms with Crippen LogP contribution in [0.4, 0.5) is 10.1 Å². The molecule has 1 aliphatic rings. The molecule has 0 radical (unpaired) electrons. The summed E-state index contributed by atoms with van der Waals surface area (Å²) >= 11 is 0. The number of hydrogen-bond acceptors (Lipinski definition) is 2. The van der Waals surface area contributed by atoms with Crippen LogP contribution in [0.25, 0.3) is 0 Å². The van der Waals surface area contributed by atoms with Crippen molar-refractivity contribution in [3.63, 3.8) is 0 Å². The molecule has 5 heteroatoms. The molecule has 0 saturated carbocycles. The maximum absolute atomic E-state index is 13.5. The van der Waals surface area contributed by atoms with E-state index in [0.29, 0.717) is 24.2 Å². The zero-order valence-electron chi connectivity index (χ0n) is 12.8. The van der Waals surface area contributed by atoms with E-state index >= 15 is 0 Å². The molecular formula is C18H17FN2O2. The van der Waals surface area contributed by atoms with E-state index < -0.39 is 11.9 Å². The minimum atomic E-state index is -0.811. The summed E-state index contributed by atoms with van der Waals surface area (Å²) in [6.07, 6.45) is 0.691. The number of carbonyl (C=O) groups excluding carboxylic acids is 2. The largest absolute Gasteiger partial charge is 0.341 e. The van der Waals surface area contributed by atoms with Crippen molar-refractivity contribution in [1.29, 1.82) is 0 Å². The molecule has 0 aromatic heterocycles. The molecule has 118 valence electrons. The van der Waals surface area contributed by atoms with Crippen molar-refractivity contribution in [3.8, 4) is 0 Å². The van der Waals surface area contributed by atoms with Crippen molar-refractivity contribution in [1.82, 2.24) is 5.32 Å². The molecule has 0 aliphatic carbocycles. The Labute approximate surface area is 133 Å². The number of nitrogens with one attached hydrogen (secondary N) is 1. The summed E-state index contributed by atoms with van der Waals surface area (Å²) in [5.74, 6) is -0.961. The van der Waals surface area contributed by atoms with E-state index in [2.05, 4.69) is 5.32 Å². The Kier molecular flexibility index (Phi) is 4.10. The summed E-state index contributed by atoms with van der Waals surface area (Å²) in [5, 5.41) is 2.61. The monoisotopic (exact) mass is 312 g/mol. The molecule has 0 unspecified atom stereocenters. The third-order valence-corrected chi connectivity index (χ3v) is 3.92. The Balaban J connectivity index is 1.86. The van der Waals surface area contributed by atoms with E-state index in [4.69, 9.17) is 0 Å². The SMILES string of the molecule is CC(=O)N[C@H]1C(=O)N(CCc2ccccc2)c2ccc(F)cc21. The van der Waals surface area contributed by atoms with Crippen molar-refractivity contribution in [2.24, 2.45) is 0 Å². The van der Waals surface area contributed by atoms with E-state index in [1.807, 2.05) is 30.3 Å². The predicted molar refractivity (Wildman–Crippen MR) is 85.5 cm³/mol. The van der Waals surface area contributed by atoms with Crippen molar-refractivity contribution in [2.45, 2.75) is 19.4 Å². The van der Waals surface area contributed by atoms with Crippen LogP contribution >= 0.6 is 0 Å². The molecule has 0 bridgehead atoms. The van der Waals surface area contributed by atoms with Gasteiger partial charge in [-0.2, -0.15) is 0 Å². The van der Waals surface area contributed by atoms with Gasteiger partial charge in [-0.1, -0.05) is 30.3 Å². The van der Waals surface area contributed by atoms with Gasteiger partial charge in [-0.25, -0.2) is 4.39 Å². The van der Waals surface area contributed by atoms with Crippen LogP contribution in [0.3, 0.4) is 0 Å². The summed E-state index contributed by atoms with van der Waals surface area (Å²) in [7, 11) is 0. The van der Waals surface area contributed by atoms with Crippen LogP contribution in [0, 0.1) is 5.82 Å². The number of nitrogens with zero attached hydrogens (tertiary/aromatic N) is 1. The van der Waals surface area contributed by atoms with E-state index in [9.17, 15) is 14.0 Å². The minimum Gasteiger partial charge on any atom is -0.341 e. The summed E-state index contributed by atoms with van der Waals surface area (Å²) in [5.41, 5.74) is 2.29. The fourth-order valence-electron chi connectivity index (χ4n) is 2.87. The highest BCUT2D eigenvalue weighted by molar-refractivity contribution is 6.06. The second kappa shape index (κ2) is 6.20. The van der Waals surface area contributed by atoms with Gasteiger partial charge < -0.3 is 10.2 Å². The molecule has 0 spiro atoms. The Morgan fingerprint density at radius 2 is 1.96 bits per heavy atom. The van der Waals surface area contributed by atoms with E-state index in [-0.39, 0.29) is 11.8 Å². The molecule has 0 saturated heterocycles. The first-order valence-electron chi connectivity index (χ1n) is 7.48. The Hall–Kier alpha value is -2.69. The first kappa shape index (κ1) is 15.2. The van der Waals surface area contributed by atoms with Crippen LogP contribution < -0.4 is 10.2 Å². The van der Waals surface area contributed by atoms with Gasteiger partial charge >= 0.3 is 0 Å². The predicted octanol–water partition coefficient (Wildman–Crippen LogP) is 2.59. The third-order valence-electron chi connectivity index (χ3n) is 3.92. The van der Waals surface area contributed by atoms with Crippen LogP contribution in [0.1, 0.15) is 24.1 Å². The van der Waals surface area contributed by atoms with Crippen molar-refractivity contribution in [3.05, 3.63) is 65.5 Å². The van der Waals surface area contributed by atoms with Gasteiger partial charge in [0.25, 0.3) is 5.91 Å². The van der Waals surface area contributed by atoms with Crippen LogP contribution in [0.15, 0.2) is 48.5 Å². The zero-order valence-corrected chi connectivity index (χ0v) is 12.8. The fraction of sp³-hybridized carbons (Fsp3) is 0.222. The van der Waals surface area contributed by atoms with Crippen LogP contribution in [0.2, 0.25) is 0 Å². The highest BCUT2D eigenvalue weighted by atomic mass is 19.1. The molecule has 1 aliphatic heterocycles. The molecule has 23 heavy (non-hydrogen) atoms. The van der Waals surface area contributed by atoms with Crippen molar-refractivity contribution < 1.29 is 14.0 Å². The number of benzene rings is 2. The summed E-state index contributed by atoms with van der Waals surface area (Å²) in [6, 6.07) is 13.3. The number of rotatable bonds is 4. The van der Waals surface area contributed by atoms with Gasteiger partial charge in [-0.05, 0) is 30.2 Å². The Morgan fingerprint density at radius 1 is 1.22 bits per heavy atom. The van der Waals surface area contributed by atoms with E-state index in [0.717, 1.165) is 5.56 Å². The zero-order chi connectivity index (χ0) is 16.4. The normalized spacial score (nSPS) is 16.3. The lowest BCUT2D eigenvalue weighted by molar-refractivity contribution is -0.126. The van der Waals surface area contributed by atoms with Crippen LogP contribution in [-0.2, 0) is 16.0 Å². The van der Waals surface area contributed by atoms with E-state index in [1.54, 1.807) is 11.0 Å². The van der Waals surface area contributed by atoms with Gasteiger partial charge in [-0.3, -0.25) is 9.59 Å². The molecule has 0 fully saturated rings. The van der Waals surface area contributed by atoms with Crippen molar-refractivity contribution in [2.75, 3.05) is 11.4 Å². The van der Waals surface area contributed by atoms with Gasteiger partial charge in [0.05, 0.1) is 0 Å². The molecule has 2 aromatic rings. The number of hydrogen-bond donors (Lipinski definition) is 1.